The van der Waals surface area contributed by atoms with Gasteiger partial charge in [-0.2, -0.15) is 5.10 Å². The summed E-state index contributed by atoms with van der Waals surface area (Å²) in [5.74, 6) is -1.54. The number of rotatable bonds is 4. The number of para-hydroxylation sites is 1. The molecule has 2 amide bonds. The summed E-state index contributed by atoms with van der Waals surface area (Å²) in [4.78, 5) is 37.0. The number of hydrogen-bond donors (Lipinski definition) is 2. The van der Waals surface area contributed by atoms with Crippen LogP contribution in [0.4, 0.5) is 5.69 Å². The molecule has 0 atom stereocenters. The van der Waals surface area contributed by atoms with Crippen molar-refractivity contribution >= 4 is 23.2 Å². The Morgan fingerprint density at radius 2 is 1.79 bits per heavy atom. The molecule has 0 radical (unpaired) electrons. The molecule has 2 heterocycles. The maximum Gasteiger partial charge on any atom is 0.329 e. The highest BCUT2D eigenvalue weighted by Gasteiger charge is 2.21. The van der Waals surface area contributed by atoms with Gasteiger partial charge in [-0.05, 0) is 38.1 Å². The number of nitrogens with one attached hydrogen (secondary N) is 2. The summed E-state index contributed by atoms with van der Waals surface area (Å²) >= 11 is 0. The van der Waals surface area contributed by atoms with Gasteiger partial charge in [0.05, 0.1) is 17.6 Å². The summed E-state index contributed by atoms with van der Waals surface area (Å²) in [5.41, 5.74) is 3.27. The van der Waals surface area contributed by atoms with Crippen molar-refractivity contribution in [3.63, 3.8) is 0 Å². The zero-order valence-electron chi connectivity index (χ0n) is 15.6. The predicted octanol–water partition coefficient (Wildman–Crippen LogP) is 1.56. The molecule has 0 saturated carbocycles. The van der Waals surface area contributed by atoms with Gasteiger partial charge in [-0.25, -0.2) is 10.1 Å². The van der Waals surface area contributed by atoms with E-state index in [9.17, 15) is 14.4 Å². The van der Waals surface area contributed by atoms with Crippen LogP contribution in [-0.4, -0.2) is 26.9 Å². The molecule has 2 N–H and O–H groups in total. The Labute approximate surface area is 160 Å². The van der Waals surface area contributed by atoms with E-state index in [1.807, 2.05) is 6.07 Å². The van der Waals surface area contributed by atoms with Gasteiger partial charge < -0.3 is 9.73 Å². The highest BCUT2D eigenvalue weighted by atomic mass is 16.3. The highest BCUT2D eigenvalue weighted by Crippen LogP contribution is 2.13. The van der Waals surface area contributed by atoms with Crippen molar-refractivity contribution in [2.75, 3.05) is 5.32 Å². The third kappa shape index (κ3) is 3.63. The van der Waals surface area contributed by atoms with E-state index in [4.69, 9.17) is 4.42 Å². The number of carbonyl (C=O) groups is 2. The van der Waals surface area contributed by atoms with E-state index in [1.54, 1.807) is 62.0 Å². The minimum absolute atomic E-state index is 0.0261. The molecule has 0 unspecified atom stereocenters. The first-order valence-corrected chi connectivity index (χ1v) is 8.43. The zero-order chi connectivity index (χ0) is 20.3. The number of benzene rings is 1. The van der Waals surface area contributed by atoms with Crippen LogP contribution in [-0.2, 0) is 16.6 Å². The third-order valence-electron chi connectivity index (χ3n) is 4.20. The number of aromatic nitrogens is 2. The number of furan rings is 1. The van der Waals surface area contributed by atoms with Crippen molar-refractivity contribution in [1.29, 1.82) is 0 Å². The SMILES string of the molecule is CC(=NNC(=O)C(=O)Nc1c(C)n(C)n(-c2ccccc2)c1=O)c1ccco1. The van der Waals surface area contributed by atoms with E-state index in [2.05, 4.69) is 15.8 Å². The molecule has 9 nitrogen and oxygen atoms in total. The number of carbonyl (C=O) groups excluding carboxylic acids is 2. The summed E-state index contributed by atoms with van der Waals surface area (Å²) in [6.45, 7) is 3.30. The second kappa shape index (κ2) is 7.78. The van der Waals surface area contributed by atoms with Crippen LogP contribution < -0.4 is 16.3 Å². The quantitative estimate of drug-likeness (QED) is 0.406. The van der Waals surface area contributed by atoms with Gasteiger partial charge in [-0.3, -0.25) is 19.1 Å². The lowest BCUT2D eigenvalue weighted by Gasteiger charge is -2.07. The maximum absolute atomic E-state index is 12.7. The van der Waals surface area contributed by atoms with Gasteiger partial charge >= 0.3 is 11.8 Å². The average Bonchev–Trinajstić information content (AvgIpc) is 3.30. The third-order valence-corrected chi connectivity index (χ3v) is 4.20. The second-order valence-corrected chi connectivity index (χ2v) is 6.01. The molecule has 0 bridgehead atoms. The molecule has 0 aliphatic carbocycles. The molecule has 3 aromatic rings. The highest BCUT2D eigenvalue weighted by molar-refractivity contribution is 6.39. The van der Waals surface area contributed by atoms with E-state index < -0.39 is 17.4 Å². The largest absolute Gasteiger partial charge is 0.463 e. The number of anilines is 1. The van der Waals surface area contributed by atoms with Crippen molar-refractivity contribution in [2.45, 2.75) is 13.8 Å². The molecule has 0 saturated heterocycles. The van der Waals surface area contributed by atoms with Gasteiger partial charge in [-0.15, -0.1) is 0 Å². The van der Waals surface area contributed by atoms with Crippen LogP contribution in [0.1, 0.15) is 18.4 Å². The Kier molecular flexibility index (Phi) is 5.25. The molecular formula is C19H19N5O4. The van der Waals surface area contributed by atoms with Crippen molar-refractivity contribution in [1.82, 2.24) is 14.8 Å². The van der Waals surface area contributed by atoms with Crippen molar-refractivity contribution < 1.29 is 14.0 Å². The van der Waals surface area contributed by atoms with Gasteiger partial charge in [0.1, 0.15) is 17.2 Å². The van der Waals surface area contributed by atoms with Gasteiger partial charge in [0, 0.05) is 7.05 Å². The molecule has 0 fully saturated rings. The smallest absolute Gasteiger partial charge is 0.329 e. The number of hydrazone groups is 1. The molecule has 0 spiro atoms. The first-order chi connectivity index (χ1) is 13.4. The summed E-state index contributed by atoms with van der Waals surface area (Å²) in [6, 6.07) is 12.3. The van der Waals surface area contributed by atoms with E-state index in [0.717, 1.165) is 0 Å². The molecular weight excluding hydrogens is 362 g/mol. The molecule has 1 aromatic carbocycles. The Bertz CT molecular complexity index is 1090. The first-order valence-electron chi connectivity index (χ1n) is 8.43. The molecule has 0 aliphatic heterocycles. The Morgan fingerprint density at radius 3 is 2.43 bits per heavy atom. The first kappa shape index (κ1) is 18.9. The van der Waals surface area contributed by atoms with E-state index >= 15 is 0 Å². The minimum atomic E-state index is -1.00. The fourth-order valence-corrected chi connectivity index (χ4v) is 2.61. The molecule has 3 rings (SSSR count). The van der Waals surface area contributed by atoms with Crippen molar-refractivity contribution in [2.24, 2.45) is 12.1 Å². The molecule has 9 heteroatoms. The van der Waals surface area contributed by atoms with Crippen LogP contribution in [0.2, 0.25) is 0 Å². The van der Waals surface area contributed by atoms with Gasteiger partial charge in [0.2, 0.25) is 0 Å². The van der Waals surface area contributed by atoms with Gasteiger partial charge in [0.15, 0.2) is 0 Å². The van der Waals surface area contributed by atoms with Crippen LogP contribution in [0.3, 0.4) is 0 Å². The Balaban J connectivity index is 1.78. The van der Waals surface area contributed by atoms with Crippen molar-refractivity contribution in [3.8, 4) is 5.69 Å². The molecule has 144 valence electrons. The monoisotopic (exact) mass is 381 g/mol. The lowest BCUT2D eigenvalue weighted by molar-refractivity contribution is -0.136. The van der Waals surface area contributed by atoms with Gasteiger partial charge in [0.25, 0.3) is 5.56 Å². The number of amides is 2. The fourth-order valence-electron chi connectivity index (χ4n) is 2.61. The Hall–Kier alpha value is -3.88. The van der Waals surface area contributed by atoms with Crippen LogP contribution in [0.15, 0.2) is 63.0 Å². The van der Waals surface area contributed by atoms with Crippen LogP contribution in [0.5, 0.6) is 0 Å². The molecule has 2 aromatic heterocycles. The normalized spacial score (nSPS) is 11.3. The summed E-state index contributed by atoms with van der Waals surface area (Å²) < 4.78 is 8.15. The van der Waals surface area contributed by atoms with E-state index in [0.29, 0.717) is 22.9 Å². The average molecular weight is 381 g/mol. The zero-order valence-corrected chi connectivity index (χ0v) is 15.6. The topological polar surface area (TPSA) is 111 Å². The lowest BCUT2D eigenvalue weighted by Crippen LogP contribution is -2.34. The van der Waals surface area contributed by atoms with Crippen LogP contribution in [0.25, 0.3) is 5.69 Å². The molecule has 28 heavy (non-hydrogen) atoms. The minimum Gasteiger partial charge on any atom is -0.463 e. The summed E-state index contributed by atoms with van der Waals surface area (Å²) in [7, 11) is 1.69. The number of nitrogens with zero attached hydrogens (tertiary/aromatic N) is 3. The van der Waals surface area contributed by atoms with E-state index in [-0.39, 0.29) is 5.69 Å². The maximum atomic E-state index is 12.7. The summed E-state index contributed by atoms with van der Waals surface area (Å²) in [6.07, 6.45) is 1.47. The molecule has 0 aliphatic rings. The van der Waals surface area contributed by atoms with Crippen LogP contribution >= 0.6 is 0 Å². The standard InChI is InChI=1S/C19H19N5O4/c1-12(15-10-7-11-28-15)21-22-18(26)17(25)20-16-13(2)23(3)24(19(16)27)14-8-5-4-6-9-14/h4-11H,1-3H3,(H,20,25)(H,22,26). The van der Waals surface area contributed by atoms with Crippen molar-refractivity contribution in [3.05, 3.63) is 70.5 Å². The van der Waals surface area contributed by atoms with Gasteiger partial charge in [-0.1, -0.05) is 18.2 Å². The van der Waals surface area contributed by atoms with E-state index in [1.165, 1.54) is 10.9 Å². The fraction of sp³-hybridized carbons (Fsp3) is 0.158. The van der Waals surface area contributed by atoms with Crippen LogP contribution in [0, 0.1) is 6.92 Å². The summed E-state index contributed by atoms with van der Waals surface area (Å²) in [5, 5.41) is 6.19. The lowest BCUT2D eigenvalue weighted by atomic mass is 10.3. The predicted molar refractivity (Wildman–Crippen MR) is 103 cm³/mol. The second-order valence-electron chi connectivity index (χ2n) is 6.01. The Morgan fingerprint density at radius 1 is 1.07 bits per heavy atom. The number of hydrogen-bond acceptors (Lipinski definition) is 5.